The number of nitrogens with zero attached hydrogens (tertiary/aromatic N) is 2. The molecule has 2 atom stereocenters. The van der Waals surface area contributed by atoms with Crippen LogP contribution in [-0.2, 0) is 6.54 Å². The number of hydrogen-bond acceptors (Lipinski definition) is 3. The summed E-state index contributed by atoms with van der Waals surface area (Å²) >= 11 is 0. The van der Waals surface area contributed by atoms with E-state index in [2.05, 4.69) is 22.0 Å². The predicted molar refractivity (Wildman–Crippen MR) is 88.7 cm³/mol. The van der Waals surface area contributed by atoms with Crippen LogP contribution in [0.1, 0.15) is 37.7 Å². The van der Waals surface area contributed by atoms with E-state index in [9.17, 15) is 5.11 Å². The van der Waals surface area contributed by atoms with E-state index >= 15 is 0 Å². The van der Waals surface area contributed by atoms with Crippen LogP contribution in [-0.4, -0.2) is 28.1 Å². The van der Waals surface area contributed by atoms with Crippen molar-refractivity contribution in [3.8, 4) is 5.75 Å². The minimum Gasteiger partial charge on any atom is -0.506 e. The zero-order chi connectivity index (χ0) is 14.9. The maximum Gasteiger partial charge on any atom is 0.141 e. The number of phenols is 1. The summed E-state index contributed by atoms with van der Waals surface area (Å²) in [6.45, 7) is 3.43. The summed E-state index contributed by atoms with van der Waals surface area (Å²) in [4.78, 5) is 6.93. The number of piperidine rings is 1. The van der Waals surface area contributed by atoms with Crippen molar-refractivity contribution >= 4 is 10.9 Å². The number of likely N-dealkylation sites (tertiary alicyclic amines) is 1. The summed E-state index contributed by atoms with van der Waals surface area (Å²) < 4.78 is 0. The summed E-state index contributed by atoms with van der Waals surface area (Å²) in [7, 11) is 0. The number of aromatic nitrogens is 1. The Labute approximate surface area is 132 Å². The first-order valence-electron chi connectivity index (χ1n) is 8.59. The molecule has 1 aromatic heterocycles. The smallest absolute Gasteiger partial charge is 0.141 e. The SMILES string of the molecule is Oc1ccc(CN2CCC3CCCCC3C2)c2cccnc12. The molecule has 2 aliphatic rings. The summed E-state index contributed by atoms with van der Waals surface area (Å²) in [5, 5.41) is 11.1. The van der Waals surface area contributed by atoms with Gasteiger partial charge in [-0.05, 0) is 48.9 Å². The Hall–Kier alpha value is -1.61. The van der Waals surface area contributed by atoms with E-state index in [0.717, 1.165) is 29.3 Å². The molecule has 1 aliphatic carbocycles. The monoisotopic (exact) mass is 296 g/mol. The average Bonchev–Trinajstić information content (AvgIpc) is 2.58. The quantitative estimate of drug-likeness (QED) is 0.911. The van der Waals surface area contributed by atoms with Gasteiger partial charge in [0.25, 0.3) is 0 Å². The molecule has 2 heterocycles. The summed E-state index contributed by atoms with van der Waals surface area (Å²) in [5.41, 5.74) is 2.02. The molecule has 1 aromatic carbocycles. The van der Waals surface area contributed by atoms with Gasteiger partial charge in [-0.3, -0.25) is 9.88 Å². The second-order valence-electron chi connectivity index (χ2n) is 6.97. The first-order valence-corrected chi connectivity index (χ1v) is 8.59. The Morgan fingerprint density at radius 2 is 1.95 bits per heavy atom. The summed E-state index contributed by atoms with van der Waals surface area (Å²) in [5.74, 6) is 2.16. The van der Waals surface area contributed by atoms with E-state index in [1.807, 2.05) is 6.07 Å². The van der Waals surface area contributed by atoms with Gasteiger partial charge in [-0.1, -0.05) is 31.4 Å². The van der Waals surface area contributed by atoms with E-state index in [0.29, 0.717) is 0 Å². The molecule has 116 valence electrons. The number of fused-ring (bicyclic) bond motifs is 2. The molecule has 3 heteroatoms. The van der Waals surface area contributed by atoms with E-state index in [1.54, 1.807) is 12.3 Å². The largest absolute Gasteiger partial charge is 0.506 e. The highest BCUT2D eigenvalue weighted by Gasteiger charge is 2.31. The number of phenolic OH excluding ortho intramolecular Hbond substituents is 1. The van der Waals surface area contributed by atoms with E-state index < -0.39 is 0 Å². The molecular formula is C19H24N2O. The van der Waals surface area contributed by atoms with Crippen LogP contribution in [0.4, 0.5) is 0 Å². The first kappa shape index (κ1) is 14.0. The Morgan fingerprint density at radius 3 is 2.86 bits per heavy atom. The molecule has 22 heavy (non-hydrogen) atoms. The van der Waals surface area contributed by atoms with Gasteiger partial charge in [-0.25, -0.2) is 0 Å². The molecule has 0 spiro atoms. The van der Waals surface area contributed by atoms with Crippen molar-refractivity contribution in [2.24, 2.45) is 11.8 Å². The van der Waals surface area contributed by atoms with Gasteiger partial charge in [-0.2, -0.15) is 0 Å². The minimum absolute atomic E-state index is 0.283. The Kier molecular flexibility index (Phi) is 3.75. The standard InChI is InChI=1S/C19H24N2O/c22-18-8-7-16(17-6-3-10-20-19(17)18)13-21-11-9-14-4-1-2-5-15(14)12-21/h3,6-8,10,14-15,22H,1-2,4-5,9,11-13H2. The number of aromatic hydroxyl groups is 1. The van der Waals surface area contributed by atoms with Gasteiger partial charge in [-0.15, -0.1) is 0 Å². The molecule has 4 rings (SSSR count). The topological polar surface area (TPSA) is 36.4 Å². The molecule has 2 fully saturated rings. The van der Waals surface area contributed by atoms with Gasteiger partial charge in [0.1, 0.15) is 11.3 Å². The molecule has 2 aromatic rings. The fourth-order valence-electron chi connectivity index (χ4n) is 4.42. The highest BCUT2D eigenvalue weighted by molar-refractivity contribution is 5.87. The summed E-state index contributed by atoms with van der Waals surface area (Å²) in [6.07, 6.45) is 8.83. The molecule has 2 unspecified atom stereocenters. The molecule has 0 radical (unpaired) electrons. The van der Waals surface area contributed by atoms with E-state index in [1.165, 1.54) is 50.8 Å². The minimum atomic E-state index is 0.283. The lowest BCUT2D eigenvalue weighted by Crippen LogP contribution is -2.41. The van der Waals surface area contributed by atoms with Crippen LogP contribution < -0.4 is 0 Å². The summed E-state index contributed by atoms with van der Waals surface area (Å²) in [6, 6.07) is 7.88. The van der Waals surface area contributed by atoms with E-state index in [4.69, 9.17) is 0 Å². The third kappa shape index (κ3) is 2.58. The lowest BCUT2D eigenvalue weighted by Gasteiger charge is -2.41. The van der Waals surface area contributed by atoms with Gasteiger partial charge < -0.3 is 5.11 Å². The van der Waals surface area contributed by atoms with Crippen LogP contribution in [0.15, 0.2) is 30.5 Å². The van der Waals surface area contributed by atoms with Gasteiger partial charge >= 0.3 is 0 Å². The number of rotatable bonds is 2. The van der Waals surface area contributed by atoms with Crippen LogP contribution in [0, 0.1) is 11.8 Å². The normalized spacial score (nSPS) is 26.0. The molecule has 0 amide bonds. The zero-order valence-electron chi connectivity index (χ0n) is 13.0. The van der Waals surface area contributed by atoms with Crippen molar-refractivity contribution in [2.45, 2.75) is 38.6 Å². The maximum absolute atomic E-state index is 9.98. The second-order valence-corrected chi connectivity index (χ2v) is 6.97. The second kappa shape index (κ2) is 5.88. The van der Waals surface area contributed by atoms with Crippen molar-refractivity contribution < 1.29 is 5.11 Å². The Morgan fingerprint density at radius 1 is 1.09 bits per heavy atom. The maximum atomic E-state index is 9.98. The molecule has 1 aliphatic heterocycles. The van der Waals surface area contributed by atoms with Gasteiger partial charge in [0, 0.05) is 24.7 Å². The zero-order valence-corrected chi connectivity index (χ0v) is 13.0. The molecular weight excluding hydrogens is 272 g/mol. The van der Waals surface area contributed by atoms with Gasteiger partial charge in [0.05, 0.1) is 0 Å². The number of pyridine rings is 1. The molecule has 0 bridgehead atoms. The molecule has 3 nitrogen and oxygen atoms in total. The lowest BCUT2D eigenvalue weighted by atomic mass is 9.75. The van der Waals surface area contributed by atoms with Crippen LogP contribution in [0.3, 0.4) is 0 Å². The van der Waals surface area contributed by atoms with Crippen LogP contribution >= 0.6 is 0 Å². The van der Waals surface area contributed by atoms with Crippen molar-refractivity contribution in [3.63, 3.8) is 0 Å². The molecule has 1 saturated heterocycles. The van der Waals surface area contributed by atoms with Crippen LogP contribution in [0.2, 0.25) is 0 Å². The van der Waals surface area contributed by atoms with Gasteiger partial charge in [0.15, 0.2) is 0 Å². The van der Waals surface area contributed by atoms with Crippen molar-refractivity contribution in [2.75, 3.05) is 13.1 Å². The predicted octanol–water partition coefficient (Wildman–Crippen LogP) is 3.95. The van der Waals surface area contributed by atoms with Crippen molar-refractivity contribution in [1.82, 2.24) is 9.88 Å². The first-order chi connectivity index (χ1) is 10.8. The highest BCUT2D eigenvalue weighted by atomic mass is 16.3. The molecule has 1 saturated carbocycles. The van der Waals surface area contributed by atoms with Crippen LogP contribution in [0.5, 0.6) is 5.75 Å². The van der Waals surface area contributed by atoms with Crippen molar-refractivity contribution in [3.05, 3.63) is 36.0 Å². The number of hydrogen-bond donors (Lipinski definition) is 1. The van der Waals surface area contributed by atoms with Crippen LogP contribution in [0.25, 0.3) is 10.9 Å². The fraction of sp³-hybridized carbons (Fsp3) is 0.526. The highest BCUT2D eigenvalue weighted by Crippen LogP contribution is 2.37. The lowest BCUT2D eigenvalue weighted by molar-refractivity contribution is 0.0823. The van der Waals surface area contributed by atoms with Crippen molar-refractivity contribution in [1.29, 1.82) is 0 Å². The average molecular weight is 296 g/mol. The van der Waals surface area contributed by atoms with Gasteiger partial charge in [0.2, 0.25) is 0 Å². The third-order valence-corrected chi connectivity index (χ3v) is 5.61. The molecule has 1 N–H and O–H groups in total. The van der Waals surface area contributed by atoms with E-state index in [-0.39, 0.29) is 5.75 Å². The Balaban J connectivity index is 1.55. The Bertz CT molecular complexity index is 670. The number of benzene rings is 1. The third-order valence-electron chi connectivity index (χ3n) is 5.61. The fourth-order valence-corrected chi connectivity index (χ4v) is 4.42.